The molecule has 0 bridgehead atoms. The number of carbonyl (C=O) groups is 5. The smallest absolute Gasteiger partial charge is 0.429 e. The highest BCUT2D eigenvalue weighted by atomic mass is 32.2. The molecular formula is C27H35F2O10S-. The van der Waals surface area contributed by atoms with Gasteiger partial charge in [-0.15, -0.1) is 0 Å². The van der Waals surface area contributed by atoms with Gasteiger partial charge in [0.25, 0.3) is 0 Å². The largest absolute Gasteiger partial charge is 0.743 e. The van der Waals surface area contributed by atoms with Gasteiger partial charge in [-0.2, -0.15) is 8.78 Å². The van der Waals surface area contributed by atoms with Gasteiger partial charge in [0, 0.05) is 43.4 Å². The highest BCUT2D eigenvalue weighted by molar-refractivity contribution is 7.87. The molecule has 224 valence electrons. The van der Waals surface area contributed by atoms with Crippen LogP contribution in [0.3, 0.4) is 0 Å². The lowest BCUT2D eigenvalue weighted by molar-refractivity contribution is -0.179. The molecule has 4 rings (SSSR count). The van der Waals surface area contributed by atoms with Crippen LogP contribution in [-0.2, 0) is 43.6 Å². The van der Waals surface area contributed by atoms with E-state index in [1.165, 1.54) is 0 Å². The molecule has 4 fully saturated rings. The minimum atomic E-state index is -6.29. The average molecular weight is 590 g/mol. The first kappa shape index (κ1) is 30.7. The molecule has 10 nitrogen and oxygen atoms in total. The van der Waals surface area contributed by atoms with Crippen LogP contribution in [0.2, 0.25) is 0 Å². The minimum Gasteiger partial charge on any atom is -0.743 e. The number of esters is 2. The Morgan fingerprint density at radius 2 is 1.75 bits per heavy atom. The van der Waals surface area contributed by atoms with E-state index in [1.807, 2.05) is 13.8 Å². The molecule has 0 aromatic heterocycles. The summed E-state index contributed by atoms with van der Waals surface area (Å²) in [6.45, 7) is 4.69. The van der Waals surface area contributed by atoms with Gasteiger partial charge in [-0.1, -0.05) is 20.8 Å². The topological polar surface area (TPSA) is 161 Å². The molecule has 40 heavy (non-hydrogen) atoms. The summed E-state index contributed by atoms with van der Waals surface area (Å²) in [4.78, 5) is 62.7. The maximum absolute atomic E-state index is 13.8. The second-order valence-electron chi connectivity index (χ2n) is 12.5. The van der Waals surface area contributed by atoms with Crippen LogP contribution in [-0.4, -0.2) is 54.3 Å². The number of fused-ring (bicyclic) bond motifs is 5. The fourth-order valence-corrected chi connectivity index (χ4v) is 8.61. The summed E-state index contributed by atoms with van der Waals surface area (Å²) in [6.07, 6.45) is 3.75. The molecule has 0 aliphatic heterocycles. The SMILES string of the molecule is C[C@H](CCC(=O)OCOC(=O)C(F)(F)S(=O)(=O)[O-])[C@H]1CCC2C3C(=O)CC4CC(=O)CC[C@]4(C)C3CC(=O)[C@@]21C. The van der Waals surface area contributed by atoms with Crippen molar-refractivity contribution in [2.24, 2.45) is 46.3 Å². The Labute approximate surface area is 231 Å². The summed E-state index contributed by atoms with van der Waals surface area (Å²) >= 11 is 0. The molecule has 4 unspecified atom stereocenters. The Morgan fingerprint density at radius 3 is 2.40 bits per heavy atom. The number of alkyl halides is 2. The standard InChI is InChI=1S/C27H36F2O10S/c1-14(4-7-22(33)38-13-39-24(34)27(28,29)40(35,36)37)17-5-6-18-23-19(12-21(32)26(17,18)3)25(2)9-8-16(30)10-15(25)11-20(23)31/h14-15,17-19,23H,4-13H2,1-3H3,(H,35,36,37)/p-1/t14-,15?,17-,18?,19?,23?,25+,26-/m1/s1. The second kappa shape index (κ2) is 10.5. The van der Waals surface area contributed by atoms with Gasteiger partial charge in [0.15, 0.2) is 10.1 Å². The van der Waals surface area contributed by atoms with Crippen LogP contribution in [0.1, 0.15) is 78.6 Å². The Hall–Kier alpha value is -2.28. The van der Waals surface area contributed by atoms with Crippen LogP contribution in [0.15, 0.2) is 0 Å². The third-order valence-electron chi connectivity index (χ3n) is 10.7. The van der Waals surface area contributed by atoms with Crippen molar-refractivity contribution in [2.75, 3.05) is 6.79 Å². The number of ether oxygens (including phenoxy) is 2. The molecular weight excluding hydrogens is 554 g/mol. The first-order valence-electron chi connectivity index (χ1n) is 13.7. The van der Waals surface area contributed by atoms with E-state index in [9.17, 15) is 45.7 Å². The van der Waals surface area contributed by atoms with E-state index in [0.717, 1.165) is 0 Å². The van der Waals surface area contributed by atoms with E-state index >= 15 is 0 Å². The summed E-state index contributed by atoms with van der Waals surface area (Å²) in [5, 5.41) is -5.31. The van der Waals surface area contributed by atoms with Crippen molar-refractivity contribution < 1.29 is 55.2 Å². The maximum Gasteiger partial charge on any atom is 0.429 e. The molecule has 4 aliphatic rings. The Bertz CT molecular complexity index is 1220. The maximum atomic E-state index is 13.8. The summed E-state index contributed by atoms with van der Waals surface area (Å²) in [5.74, 6) is -3.75. The number of ketones is 3. The zero-order valence-corrected chi connectivity index (χ0v) is 23.6. The van der Waals surface area contributed by atoms with Crippen LogP contribution >= 0.6 is 0 Å². The number of Topliss-reactive ketones (excluding diaryl/α,β-unsaturated/α-hetero) is 3. The third-order valence-corrected chi connectivity index (χ3v) is 11.5. The summed E-state index contributed by atoms with van der Waals surface area (Å²) in [6, 6.07) is 0. The van der Waals surface area contributed by atoms with Gasteiger partial charge in [-0.25, -0.2) is 13.2 Å². The molecule has 0 saturated heterocycles. The van der Waals surface area contributed by atoms with E-state index < -0.39 is 39.5 Å². The highest BCUT2D eigenvalue weighted by Gasteiger charge is 2.66. The number of carbonyl (C=O) groups excluding carboxylic acids is 5. The van der Waals surface area contributed by atoms with Gasteiger partial charge in [0.1, 0.15) is 17.3 Å². The number of rotatable bonds is 8. The lowest BCUT2D eigenvalue weighted by atomic mass is 9.44. The zero-order chi connectivity index (χ0) is 29.8. The molecule has 4 saturated carbocycles. The van der Waals surface area contributed by atoms with Crippen LogP contribution in [0, 0.1) is 46.3 Å². The van der Waals surface area contributed by atoms with Gasteiger partial charge in [-0.3, -0.25) is 19.2 Å². The van der Waals surface area contributed by atoms with E-state index in [1.54, 1.807) is 0 Å². The highest BCUT2D eigenvalue weighted by Crippen LogP contribution is 2.66. The molecule has 0 radical (unpaired) electrons. The summed E-state index contributed by atoms with van der Waals surface area (Å²) < 4.78 is 66.2. The van der Waals surface area contributed by atoms with Gasteiger partial charge in [0.05, 0.1) is 0 Å². The van der Waals surface area contributed by atoms with E-state index in [4.69, 9.17) is 0 Å². The van der Waals surface area contributed by atoms with Crippen molar-refractivity contribution in [1.82, 2.24) is 0 Å². The number of hydrogen-bond donors (Lipinski definition) is 0. The molecule has 8 atom stereocenters. The molecule has 4 aliphatic carbocycles. The molecule has 0 spiro atoms. The van der Waals surface area contributed by atoms with Crippen molar-refractivity contribution in [3.05, 3.63) is 0 Å². The number of halogens is 2. The van der Waals surface area contributed by atoms with Gasteiger partial charge in [0.2, 0.25) is 6.79 Å². The van der Waals surface area contributed by atoms with E-state index in [0.29, 0.717) is 44.9 Å². The molecule has 0 aromatic carbocycles. The molecule has 0 amide bonds. The predicted molar refractivity (Wildman–Crippen MR) is 131 cm³/mol. The van der Waals surface area contributed by atoms with Crippen molar-refractivity contribution in [2.45, 2.75) is 83.8 Å². The van der Waals surface area contributed by atoms with Crippen LogP contribution in [0.5, 0.6) is 0 Å². The lowest BCUT2D eigenvalue weighted by Gasteiger charge is -2.58. The van der Waals surface area contributed by atoms with Crippen LogP contribution in [0.4, 0.5) is 8.78 Å². The Kier molecular flexibility index (Phi) is 8.07. The Balaban J connectivity index is 1.36. The van der Waals surface area contributed by atoms with Crippen LogP contribution < -0.4 is 0 Å². The van der Waals surface area contributed by atoms with Gasteiger partial charge < -0.3 is 14.0 Å². The molecule has 13 heteroatoms. The first-order valence-corrected chi connectivity index (χ1v) is 15.1. The number of hydrogen-bond acceptors (Lipinski definition) is 10. The third kappa shape index (κ3) is 5.01. The Morgan fingerprint density at radius 1 is 1.07 bits per heavy atom. The fourth-order valence-electron chi connectivity index (χ4n) is 8.34. The van der Waals surface area contributed by atoms with Crippen LogP contribution in [0.25, 0.3) is 0 Å². The summed E-state index contributed by atoms with van der Waals surface area (Å²) in [7, 11) is -6.29. The van der Waals surface area contributed by atoms with Crippen molar-refractivity contribution in [1.29, 1.82) is 0 Å². The first-order chi connectivity index (χ1) is 18.4. The monoisotopic (exact) mass is 589 g/mol. The lowest BCUT2D eigenvalue weighted by Crippen LogP contribution is -2.60. The predicted octanol–water partition coefficient (Wildman–Crippen LogP) is 3.17. The van der Waals surface area contributed by atoms with Crippen molar-refractivity contribution in [3.63, 3.8) is 0 Å². The molecule has 0 heterocycles. The van der Waals surface area contributed by atoms with E-state index in [2.05, 4.69) is 16.4 Å². The van der Waals surface area contributed by atoms with E-state index in [-0.39, 0.29) is 71.1 Å². The van der Waals surface area contributed by atoms with Crippen molar-refractivity contribution in [3.8, 4) is 0 Å². The van der Waals surface area contributed by atoms with Gasteiger partial charge >= 0.3 is 17.2 Å². The summed E-state index contributed by atoms with van der Waals surface area (Å²) in [5.41, 5.74) is -0.957. The molecule has 0 aromatic rings. The zero-order valence-electron chi connectivity index (χ0n) is 22.8. The fraction of sp³-hybridized carbons (Fsp3) is 0.815. The van der Waals surface area contributed by atoms with Gasteiger partial charge in [-0.05, 0) is 60.7 Å². The molecule has 0 N–H and O–H groups in total. The second-order valence-corrected chi connectivity index (χ2v) is 13.9. The van der Waals surface area contributed by atoms with Crippen molar-refractivity contribution >= 4 is 39.4 Å². The normalized spacial score (nSPS) is 36.8. The minimum absolute atomic E-state index is 0.0167. The quantitative estimate of drug-likeness (QED) is 0.234. The average Bonchev–Trinajstić information content (AvgIpc) is 3.22.